The van der Waals surface area contributed by atoms with E-state index in [2.05, 4.69) is 6.92 Å². The van der Waals surface area contributed by atoms with Crippen LogP contribution < -0.4 is 0 Å². The van der Waals surface area contributed by atoms with Crippen LogP contribution in [0.1, 0.15) is 45.6 Å². The fraction of sp³-hybridized carbons (Fsp3) is 0.652. The molecule has 0 N–H and O–H groups in total. The Morgan fingerprint density at radius 2 is 1.77 bits per heavy atom. The lowest BCUT2D eigenvalue weighted by Crippen LogP contribution is -2.60. The van der Waals surface area contributed by atoms with Crippen LogP contribution >= 0.6 is 0 Å². The molecule has 6 atom stereocenters. The lowest BCUT2D eigenvalue weighted by atomic mass is 9.70. The number of esters is 2. The van der Waals surface area contributed by atoms with Crippen molar-refractivity contribution in [2.45, 2.75) is 76.8 Å². The molecule has 2 fully saturated rings. The minimum absolute atomic E-state index is 0.00231. The number of benzene rings is 1. The molecule has 2 unspecified atom stereocenters. The van der Waals surface area contributed by atoms with Crippen LogP contribution in [0.15, 0.2) is 30.3 Å². The van der Waals surface area contributed by atoms with E-state index >= 15 is 0 Å². The summed E-state index contributed by atoms with van der Waals surface area (Å²) in [7, 11) is 1.56. The van der Waals surface area contributed by atoms with Crippen LogP contribution in [0.25, 0.3) is 0 Å². The van der Waals surface area contributed by atoms with Crippen molar-refractivity contribution < 1.29 is 38.0 Å². The van der Waals surface area contributed by atoms with E-state index in [4.69, 9.17) is 28.4 Å². The Bertz CT molecular complexity index is 738. The first-order valence-corrected chi connectivity index (χ1v) is 10.7. The van der Waals surface area contributed by atoms with Gasteiger partial charge >= 0.3 is 11.9 Å². The molecule has 0 radical (unpaired) electrons. The van der Waals surface area contributed by atoms with Crippen molar-refractivity contribution in [2.75, 3.05) is 13.9 Å². The Kier molecular flexibility index (Phi) is 8.05. The standard InChI is InChI=1S/C23H32O8/c1-15-9-8-12-19(28-14-26-4)23(15)21(27-13-18-10-6-5-7-11-18)20(29-16(2)24)22(31-23)30-17(3)25/h5-7,10-11,15,19-22H,8-9,12-14H2,1-4H3/t15-,19+,20-,21-,22?,23?/m1/s1. The zero-order valence-corrected chi connectivity index (χ0v) is 18.6. The van der Waals surface area contributed by atoms with Gasteiger partial charge < -0.3 is 28.4 Å². The second-order valence-corrected chi connectivity index (χ2v) is 8.13. The second kappa shape index (κ2) is 10.5. The Balaban J connectivity index is 1.98. The fourth-order valence-electron chi connectivity index (χ4n) is 4.68. The van der Waals surface area contributed by atoms with Crippen LogP contribution in [0, 0.1) is 5.92 Å². The van der Waals surface area contributed by atoms with E-state index in [1.54, 1.807) is 7.11 Å². The molecule has 1 aromatic carbocycles. The minimum Gasteiger partial charge on any atom is -0.453 e. The summed E-state index contributed by atoms with van der Waals surface area (Å²) in [6.07, 6.45) is -0.539. The van der Waals surface area contributed by atoms with Crippen LogP contribution in [0.5, 0.6) is 0 Å². The maximum absolute atomic E-state index is 11.9. The van der Waals surface area contributed by atoms with Gasteiger partial charge in [0, 0.05) is 21.0 Å². The van der Waals surface area contributed by atoms with Crippen molar-refractivity contribution in [3.8, 4) is 0 Å². The number of hydrogen-bond acceptors (Lipinski definition) is 8. The summed E-state index contributed by atoms with van der Waals surface area (Å²) < 4.78 is 35.0. The molecule has 172 valence electrons. The normalized spacial score (nSPS) is 32.7. The summed E-state index contributed by atoms with van der Waals surface area (Å²) in [6.45, 7) is 5.03. The van der Waals surface area contributed by atoms with E-state index in [0.717, 1.165) is 24.8 Å². The zero-order valence-electron chi connectivity index (χ0n) is 18.6. The van der Waals surface area contributed by atoms with Gasteiger partial charge in [-0.3, -0.25) is 9.59 Å². The molecule has 2 aliphatic rings. The molecule has 1 aromatic rings. The number of carbonyl (C=O) groups is 2. The lowest BCUT2D eigenvalue weighted by Gasteiger charge is -2.47. The maximum Gasteiger partial charge on any atom is 0.305 e. The summed E-state index contributed by atoms with van der Waals surface area (Å²) in [5.41, 5.74) is -0.000749. The van der Waals surface area contributed by atoms with Crippen LogP contribution in [0.2, 0.25) is 0 Å². The topological polar surface area (TPSA) is 89.5 Å². The first-order chi connectivity index (χ1) is 14.9. The monoisotopic (exact) mass is 436 g/mol. The van der Waals surface area contributed by atoms with Crippen molar-refractivity contribution in [2.24, 2.45) is 5.92 Å². The number of carbonyl (C=O) groups excluding carboxylic acids is 2. The van der Waals surface area contributed by atoms with Gasteiger partial charge in [-0.05, 0) is 24.3 Å². The van der Waals surface area contributed by atoms with Gasteiger partial charge in [0.25, 0.3) is 0 Å². The van der Waals surface area contributed by atoms with Gasteiger partial charge in [-0.15, -0.1) is 0 Å². The molecule has 1 heterocycles. The number of hydrogen-bond donors (Lipinski definition) is 0. The van der Waals surface area contributed by atoms with Crippen LogP contribution in [0.3, 0.4) is 0 Å². The third-order valence-corrected chi connectivity index (χ3v) is 5.95. The van der Waals surface area contributed by atoms with Crippen LogP contribution in [-0.4, -0.2) is 56.0 Å². The molecule has 1 saturated heterocycles. The van der Waals surface area contributed by atoms with Crippen LogP contribution in [0.4, 0.5) is 0 Å². The summed E-state index contributed by atoms with van der Waals surface area (Å²) in [6, 6.07) is 9.70. The highest BCUT2D eigenvalue weighted by atomic mass is 16.8. The molecule has 31 heavy (non-hydrogen) atoms. The van der Waals surface area contributed by atoms with Gasteiger partial charge in [0.15, 0.2) is 6.10 Å². The molecular formula is C23H32O8. The van der Waals surface area contributed by atoms with Gasteiger partial charge in [0.2, 0.25) is 6.29 Å². The van der Waals surface area contributed by atoms with Gasteiger partial charge in [0.05, 0.1) is 12.7 Å². The van der Waals surface area contributed by atoms with E-state index in [1.165, 1.54) is 13.8 Å². The highest BCUT2D eigenvalue weighted by Crippen LogP contribution is 2.49. The number of ether oxygens (including phenoxy) is 6. The molecular weight excluding hydrogens is 404 g/mol. The first kappa shape index (κ1) is 23.7. The third kappa shape index (κ3) is 5.26. The quantitative estimate of drug-likeness (QED) is 0.454. The largest absolute Gasteiger partial charge is 0.453 e. The molecule has 0 aromatic heterocycles. The molecule has 3 rings (SSSR count). The zero-order chi connectivity index (χ0) is 22.4. The predicted molar refractivity (Wildman–Crippen MR) is 110 cm³/mol. The van der Waals surface area contributed by atoms with E-state index in [1.807, 2.05) is 30.3 Å². The molecule has 0 amide bonds. The van der Waals surface area contributed by atoms with E-state index in [0.29, 0.717) is 0 Å². The molecule has 1 aliphatic carbocycles. The van der Waals surface area contributed by atoms with E-state index in [-0.39, 0.29) is 25.4 Å². The highest BCUT2D eigenvalue weighted by molar-refractivity contribution is 5.67. The molecule has 1 spiro atoms. The lowest BCUT2D eigenvalue weighted by molar-refractivity contribution is -0.261. The first-order valence-electron chi connectivity index (χ1n) is 10.7. The van der Waals surface area contributed by atoms with Gasteiger partial charge in [0.1, 0.15) is 18.5 Å². The van der Waals surface area contributed by atoms with Gasteiger partial charge in [-0.2, -0.15) is 0 Å². The van der Waals surface area contributed by atoms with Crippen molar-refractivity contribution >= 4 is 11.9 Å². The number of methoxy groups -OCH3 is 1. The SMILES string of the molecule is COCO[C@H]1CCC[C@@H](C)C12OC(OC(C)=O)[C@H](OC(C)=O)[C@H]2OCc1ccccc1. The molecule has 1 saturated carbocycles. The minimum atomic E-state index is -1.09. The predicted octanol–water partition coefficient (Wildman–Crippen LogP) is 2.97. The van der Waals surface area contributed by atoms with Gasteiger partial charge in [-0.1, -0.05) is 43.7 Å². The average Bonchev–Trinajstić information content (AvgIpc) is 3.01. The van der Waals surface area contributed by atoms with Crippen molar-refractivity contribution in [3.05, 3.63) is 35.9 Å². The Hall–Kier alpha value is -2.00. The summed E-state index contributed by atoms with van der Waals surface area (Å²) in [5.74, 6) is -1.03. The molecule has 8 nitrogen and oxygen atoms in total. The van der Waals surface area contributed by atoms with Crippen molar-refractivity contribution in [1.29, 1.82) is 0 Å². The molecule has 1 aliphatic heterocycles. The summed E-state index contributed by atoms with van der Waals surface area (Å²) >= 11 is 0. The maximum atomic E-state index is 11.9. The number of rotatable bonds is 8. The van der Waals surface area contributed by atoms with Crippen molar-refractivity contribution in [3.63, 3.8) is 0 Å². The van der Waals surface area contributed by atoms with E-state index < -0.39 is 36.0 Å². The molecule has 0 bridgehead atoms. The molecule has 8 heteroatoms. The smallest absolute Gasteiger partial charge is 0.305 e. The van der Waals surface area contributed by atoms with Gasteiger partial charge in [-0.25, -0.2) is 0 Å². The average molecular weight is 437 g/mol. The van der Waals surface area contributed by atoms with Crippen LogP contribution in [-0.2, 0) is 44.6 Å². The second-order valence-electron chi connectivity index (χ2n) is 8.13. The third-order valence-electron chi connectivity index (χ3n) is 5.95. The fourth-order valence-corrected chi connectivity index (χ4v) is 4.68. The van der Waals surface area contributed by atoms with Crippen molar-refractivity contribution in [1.82, 2.24) is 0 Å². The highest BCUT2D eigenvalue weighted by Gasteiger charge is 2.66. The summed E-state index contributed by atoms with van der Waals surface area (Å²) in [5, 5.41) is 0. The van der Waals surface area contributed by atoms with E-state index in [9.17, 15) is 9.59 Å². The Morgan fingerprint density at radius 3 is 2.42 bits per heavy atom. The Labute approximate surface area is 183 Å². The Morgan fingerprint density at radius 1 is 1.06 bits per heavy atom. The summed E-state index contributed by atoms with van der Waals surface area (Å²) in [4.78, 5) is 23.7.